The Morgan fingerprint density at radius 3 is 2.22 bits per heavy atom. The zero-order chi connectivity index (χ0) is 17.0. The van der Waals surface area contributed by atoms with Gasteiger partial charge in [0.05, 0.1) is 0 Å². The Hall–Kier alpha value is -2.29. The zero-order valence-corrected chi connectivity index (χ0v) is 14.6. The molecule has 0 aromatic heterocycles. The summed E-state index contributed by atoms with van der Waals surface area (Å²) in [5.41, 5.74) is 2.87. The molecule has 3 heteroatoms. The number of nitrogens with zero attached hydrogens (tertiary/aromatic N) is 1. The van der Waals surface area contributed by atoms with Crippen LogP contribution in [0.15, 0.2) is 48.5 Å². The van der Waals surface area contributed by atoms with Gasteiger partial charge in [0.25, 0.3) is 0 Å². The van der Waals surface area contributed by atoms with Crippen LogP contribution in [0.4, 0.5) is 5.69 Å². The van der Waals surface area contributed by atoms with Gasteiger partial charge in [-0.25, -0.2) is 0 Å². The van der Waals surface area contributed by atoms with Gasteiger partial charge in [0, 0.05) is 18.2 Å². The van der Waals surface area contributed by atoms with Crippen molar-refractivity contribution in [3.05, 3.63) is 59.7 Å². The lowest BCUT2D eigenvalue weighted by Gasteiger charge is -2.26. The largest absolute Gasteiger partial charge is 0.489 e. The number of rotatable bonds is 4. The molecule has 0 bridgehead atoms. The number of carbonyl (C=O) groups is 1. The van der Waals surface area contributed by atoms with Gasteiger partial charge in [-0.2, -0.15) is 0 Å². The lowest BCUT2D eigenvalue weighted by molar-refractivity contribution is -0.125. The van der Waals surface area contributed by atoms with Gasteiger partial charge in [-0.15, -0.1) is 0 Å². The third-order valence-corrected chi connectivity index (χ3v) is 3.83. The summed E-state index contributed by atoms with van der Waals surface area (Å²) in [6.07, 6.45) is 0. The summed E-state index contributed by atoms with van der Waals surface area (Å²) in [4.78, 5) is 14.0. The SMILES string of the molecule is Cc1ccccc1COc1ccc(N(C)C(=O)C(C)(C)C)cc1. The molecule has 0 aliphatic heterocycles. The highest BCUT2D eigenvalue weighted by Crippen LogP contribution is 2.24. The average Bonchev–Trinajstić information content (AvgIpc) is 2.52. The fourth-order valence-corrected chi connectivity index (χ4v) is 2.32. The molecule has 23 heavy (non-hydrogen) atoms. The van der Waals surface area contributed by atoms with Gasteiger partial charge < -0.3 is 9.64 Å². The van der Waals surface area contributed by atoms with E-state index in [1.165, 1.54) is 11.1 Å². The van der Waals surface area contributed by atoms with E-state index in [1.807, 2.05) is 57.2 Å². The first-order chi connectivity index (χ1) is 10.8. The van der Waals surface area contributed by atoms with Crippen molar-refractivity contribution in [1.29, 1.82) is 0 Å². The van der Waals surface area contributed by atoms with Crippen LogP contribution >= 0.6 is 0 Å². The summed E-state index contributed by atoms with van der Waals surface area (Å²) in [7, 11) is 1.80. The number of hydrogen-bond acceptors (Lipinski definition) is 2. The van der Waals surface area contributed by atoms with Crippen LogP contribution in [-0.4, -0.2) is 13.0 Å². The molecule has 0 heterocycles. The molecular formula is C20H25NO2. The third kappa shape index (κ3) is 4.35. The second-order valence-electron chi connectivity index (χ2n) is 6.82. The summed E-state index contributed by atoms with van der Waals surface area (Å²) in [5.74, 6) is 0.889. The molecule has 0 saturated heterocycles. The number of aryl methyl sites for hydroxylation is 1. The molecule has 2 aromatic rings. The first-order valence-electron chi connectivity index (χ1n) is 7.84. The molecule has 0 aliphatic rings. The molecule has 0 fully saturated rings. The highest BCUT2D eigenvalue weighted by molar-refractivity contribution is 5.96. The van der Waals surface area contributed by atoms with Crippen molar-refractivity contribution < 1.29 is 9.53 Å². The number of amides is 1. The molecule has 0 unspecified atom stereocenters. The number of anilines is 1. The quantitative estimate of drug-likeness (QED) is 0.827. The molecule has 2 aromatic carbocycles. The average molecular weight is 311 g/mol. The Morgan fingerprint density at radius 1 is 1.04 bits per heavy atom. The molecule has 0 atom stereocenters. The van der Waals surface area contributed by atoms with Crippen LogP contribution < -0.4 is 9.64 Å². The minimum atomic E-state index is -0.394. The molecule has 0 N–H and O–H groups in total. The maximum absolute atomic E-state index is 12.3. The van der Waals surface area contributed by atoms with Crippen LogP contribution in [0.1, 0.15) is 31.9 Å². The lowest BCUT2D eigenvalue weighted by Crippen LogP contribution is -2.36. The number of benzene rings is 2. The smallest absolute Gasteiger partial charge is 0.232 e. The van der Waals surface area contributed by atoms with Crippen LogP contribution in [0, 0.1) is 12.3 Å². The predicted octanol–water partition coefficient (Wildman–Crippen LogP) is 4.58. The second kappa shape index (κ2) is 6.86. The monoisotopic (exact) mass is 311 g/mol. The first kappa shape index (κ1) is 17.1. The van der Waals surface area contributed by atoms with Gasteiger partial charge in [0.2, 0.25) is 5.91 Å². The summed E-state index contributed by atoms with van der Waals surface area (Å²) in [5, 5.41) is 0. The van der Waals surface area contributed by atoms with Crippen LogP contribution in [-0.2, 0) is 11.4 Å². The molecule has 0 saturated carbocycles. The molecule has 0 radical (unpaired) electrons. The van der Waals surface area contributed by atoms with E-state index >= 15 is 0 Å². The normalized spacial score (nSPS) is 11.2. The Labute approximate surface area is 138 Å². The van der Waals surface area contributed by atoms with E-state index < -0.39 is 5.41 Å². The van der Waals surface area contributed by atoms with Crippen LogP contribution in [0.5, 0.6) is 5.75 Å². The Bertz CT molecular complexity index is 669. The molecular weight excluding hydrogens is 286 g/mol. The van der Waals surface area contributed by atoms with Gasteiger partial charge in [-0.1, -0.05) is 45.0 Å². The summed E-state index contributed by atoms with van der Waals surface area (Å²) >= 11 is 0. The van der Waals surface area contributed by atoms with E-state index in [4.69, 9.17) is 4.74 Å². The maximum atomic E-state index is 12.3. The molecule has 2 rings (SSSR count). The minimum absolute atomic E-state index is 0.0890. The van der Waals surface area contributed by atoms with E-state index in [-0.39, 0.29) is 5.91 Å². The predicted molar refractivity (Wildman–Crippen MR) is 94.8 cm³/mol. The molecule has 0 aliphatic carbocycles. The van der Waals surface area contributed by atoms with Crippen molar-refractivity contribution in [2.24, 2.45) is 5.41 Å². The zero-order valence-electron chi connectivity index (χ0n) is 14.6. The van der Waals surface area contributed by atoms with Gasteiger partial charge in [-0.05, 0) is 42.3 Å². The standard InChI is InChI=1S/C20H25NO2/c1-15-8-6-7-9-16(15)14-23-18-12-10-17(11-13-18)21(5)19(22)20(2,3)4/h6-13H,14H2,1-5H3. The Morgan fingerprint density at radius 2 is 1.65 bits per heavy atom. The minimum Gasteiger partial charge on any atom is -0.489 e. The van der Waals surface area contributed by atoms with E-state index in [0.29, 0.717) is 6.61 Å². The lowest BCUT2D eigenvalue weighted by atomic mass is 9.95. The van der Waals surface area contributed by atoms with Crippen LogP contribution in [0.25, 0.3) is 0 Å². The third-order valence-electron chi connectivity index (χ3n) is 3.83. The highest BCUT2D eigenvalue weighted by atomic mass is 16.5. The van der Waals surface area contributed by atoms with E-state index in [2.05, 4.69) is 19.1 Å². The van der Waals surface area contributed by atoms with Crippen molar-refractivity contribution in [2.75, 3.05) is 11.9 Å². The molecule has 0 spiro atoms. The van der Waals surface area contributed by atoms with Gasteiger partial charge in [-0.3, -0.25) is 4.79 Å². The Balaban J connectivity index is 2.02. The first-order valence-corrected chi connectivity index (χ1v) is 7.84. The van der Waals surface area contributed by atoms with Crippen molar-refractivity contribution in [2.45, 2.75) is 34.3 Å². The van der Waals surface area contributed by atoms with E-state index in [1.54, 1.807) is 11.9 Å². The van der Waals surface area contributed by atoms with Gasteiger partial charge >= 0.3 is 0 Å². The van der Waals surface area contributed by atoms with Crippen LogP contribution in [0.2, 0.25) is 0 Å². The van der Waals surface area contributed by atoms with Crippen molar-refractivity contribution in [3.8, 4) is 5.75 Å². The van der Waals surface area contributed by atoms with Crippen molar-refractivity contribution in [3.63, 3.8) is 0 Å². The van der Waals surface area contributed by atoms with Crippen molar-refractivity contribution in [1.82, 2.24) is 0 Å². The topological polar surface area (TPSA) is 29.5 Å². The summed E-state index contributed by atoms with van der Waals surface area (Å²) < 4.78 is 5.83. The van der Waals surface area contributed by atoms with Gasteiger partial charge in [0.15, 0.2) is 0 Å². The second-order valence-corrected chi connectivity index (χ2v) is 6.82. The summed E-state index contributed by atoms with van der Waals surface area (Å²) in [6.45, 7) is 8.39. The van der Waals surface area contributed by atoms with Gasteiger partial charge in [0.1, 0.15) is 12.4 Å². The van der Waals surface area contributed by atoms with Crippen molar-refractivity contribution >= 4 is 11.6 Å². The number of ether oxygens (including phenoxy) is 1. The Kier molecular flexibility index (Phi) is 5.09. The fourth-order valence-electron chi connectivity index (χ4n) is 2.32. The maximum Gasteiger partial charge on any atom is 0.232 e. The molecule has 1 amide bonds. The van der Waals surface area contributed by atoms with E-state index in [9.17, 15) is 4.79 Å². The fraction of sp³-hybridized carbons (Fsp3) is 0.350. The van der Waals surface area contributed by atoms with E-state index in [0.717, 1.165) is 11.4 Å². The summed E-state index contributed by atoms with van der Waals surface area (Å²) in [6, 6.07) is 15.8. The molecule has 3 nitrogen and oxygen atoms in total. The number of carbonyl (C=O) groups excluding carboxylic acids is 1. The highest BCUT2D eigenvalue weighted by Gasteiger charge is 2.25. The molecule has 122 valence electrons. The van der Waals surface area contributed by atoms with Crippen LogP contribution in [0.3, 0.4) is 0 Å². The number of hydrogen-bond donors (Lipinski definition) is 0.